The molecule has 0 aliphatic carbocycles. The molecule has 4 rings (SSSR count). The van der Waals surface area contributed by atoms with Crippen molar-refractivity contribution in [1.82, 2.24) is 10.2 Å². The third-order valence-electron chi connectivity index (χ3n) is 7.60. The van der Waals surface area contributed by atoms with E-state index < -0.39 is 28.5 Å². The Kier molecular flexibility index (Phi) is 11.0. The van der Waals surface area contributed by atoms with Crippen LogP contribution in [0.3, 0.4) is 0 Å². The van der Waals surface area contributed by atoms with Gasteiger partial charge in [0.2, 0.25) is 11.8 Å². The number of hydrogen-bond acceptors (Lipinski definition) is 4. The Labute approximate surface area is 269 Å². The molecule has 9 heteroatoms. The van der Waals surface area contributed by atoms with Crippen molar-refractivity contribution in [2.24, 2.45) is 0 Å². The Morgan fingerprint density at radius 3 is 2.16 bits per heavy atom. The first-order chi connectivity index (χ1) is 21.0. The van der Waals surface area contributed by atoms with Gasteiger partial charge in [0.25, 0.3) is 10.0 Å². The summed E-state index contributed by atoms with van der Waals surface area (Å²) in [5.74, 6) is -0.798. The Hall–Kier alpha value is -3.95. The van der Waals surface area contributed by atoms with Gasteiger partial charge < -0.3 is 10.2 Å². The third-order valence-corrected chi connectivity index (χ3v) is 9.86. The number of rotatable bonds is 12. The summed E-state index contributed by atoms with van der Waals surface area (Å²) >= 11 is 3.51. The highest BCUT2D eigenvalue weighted by Gasteiger charge is 2.35. The third kappa shape index (κ3) is 7.95. The fourth-order valence-electron chi connectivity index (χ4n) is 5.03. The topological polar surface area (TPSA) is 86.8 Å². The molecule has 0 radical (unpaired) electrons. The molecule has 4 aromatic carbocycles. The lowest BCUT2D eigenvalue weighted by Crippen LogP contribution is -2.53. The molecule has 0 aliphatic rings. The number of halogens is 1. The van der Waals surface area contributed by atoms with Crippen molar-refractivity contribution in [3.05, 3.63) is 129 Å². The second-order valence-corrected chi connectivity index (χ2v) is 13.6. The van der Waals surface area contributed by atoms with E-state index in [0.717, 1.165) is 32.3 Å². The number of amides is 2. The number of likely N-dealkylation sites (N-methyl/N-ethyl adjacent to an activating group) is 1. The highest BCUT2D eigenvalue weighted by molar-refractivity contribution is 9.10. The van der Waals surface area contributed by atoms with Crippen LogP contribution in [0.1, 0.15) is 34.7 Å². The summed E-state index contributed by atoms with van der Waals surface area (Å²) in [7, 11) is -4.16. The van der Waals surface area contributed by atoms with Crippen LogP contribution in [0.2, 0.25) is 0 Å². The molecule has 230 valence electrons. The maximum Gasteiger partial charge on any atom is 0.264 e. The van der Waals surface area contributed by atoms with E-state index in [0.29, 0.717) is 12.2 Å². The first-order valence-corrected chi connectivity index (χ1v) is 16.8. The summed E-state index contributed by atoms with van der Waals surface area (Å²) in [6.07, 6.45) is 0.264. The molecule has 44 heavy (non-hydrogen) atoms. The first-order valence-electron chi connectivity index (χ1n) is 14.5. The van der Waals surface area contributed by atoms with Crippen molar-refractivity contribution in [2.45, 2.75) is 51.6 Å². The molecule has 7 nitrogen and oxygen atoms in total. The highest BCUT2D eigenvalue weighted by atomic mass is 79.9. The summed E-state index contributed by atoms with van der Waals surface area (Å²) in [6, 6.07) is 28.1. The minimum Gasteiger partial charge on any atom is -0.355 e. The van der Waals surface area contributed by atoms with Crippen LogP contribution >= 0.6 is 15.9 Å². The van der Waals surface area contributed by atoms with Crippen molar-refractivity contribution in [3.8, 4) is 0 Å². The van der Waals surface area contributed by atoms with Crippen LogP contribution in [0.5, 0.6) is 0 Å². The van der Waals surface area contributed by atoms with E-state index in [9.17, 15) is 18.0 Å². The Balaban J connectivity index is 1.83. The smallest absolute Gasteiger partial charge is 0.264 e. The number of anilines is 1. The molecule has 0 fully saturated rings. The van der Waals surface area contributed by atoms with Gasteiger partial charge in [-0.05, 0) is 80.3 Å². The number of carbonyl (C=O) groups is 2. The molecule has 0 aliphatic heterocycles. The molecule has 0 unspecified atom stereocenters. The molecular formula is C35H38BrN3O4S. The molecule has 2 amide bonds. The van der Waals surface area contributed by atoms with E-state index in [1.807, 2.05) is 88.4 Å². The van der Waals surface area contributed by atoms with E-state index in [2.05, 4.69) is 21.2 Å². The van der Waals surface area contributed by atoms with Crippen molar-refractivity contribution < 1.29 is 18.0 Å². The average molecular weight is 677 g/mol. The fraction of sp³-hybridized carbons (Fsp3) is 0.257. The van der Waals surface area contributed by atoms with Crippen molar-refractivity contribution >= 4 is 43.5 Å². The number of nitrogens with one attached hydrogen (secondary N) is 1. The number of nitrogens with zero attached hydrogens (tertiary/aromatic N) is 2. The van der Waals surface area contributed by atoms with E-state index in [1.54, 1.807) is 36.4 Å². The van der Waals surface area contributed by atoms with Gasteiger partial charge in [0, 0.05) is 24.0 Å². The zero-order valence-corrected chi connectivity index (χ0v) is 27.9. The van der Waals surface area contributed by atoms with Crippen LogP contribution in [-0.4, -0.2) is 44.3 Å². The average Bonchev–Trinajstić information content (AvgIpc) is 3.00. The van der Waals surface area contributed by atoms with Crippen LogP contribution in [0.4, 0.5) is 5.69 Å². The molecule has 1 atom stereocenters. The molecule has 0 aromatic heterocycles. The lowest BCUT2D eigenvalue weighted by molar-refractivity contribution is -0.140. The maximum atomic E-state index is 14.5. The van der Waals surface area contributed by atoms with E-state index in [4.69, 9.17) is 0 Å². The minimum atomic E-state index is -4.16. The molecule has 4 aromatic rings. The molecular weight excluding hydrogens is 638 g/mol. The van der Waals surface area contributed by atoms with E-state index in [-0.39, 0.29) is 23.8 Å². The predicted molar refractivity (Wildman–Crippen MR) is 179 cm³/mol. The van der Waals surface area contributed by atoms with Gasteiger partial charge >= 0.3 is 0 Å². The van der Waals surface area contributed by atoms with Crippen molar-refractivity contribution in [3.63, 3.8) is 0 Å². The Morgan fingerprint density at radius 1 is 0.841 bits per heavy atom. The number of aryl methyl sites for hydroxylation is 2. The second kappa shape index (κ2) is 14.7. The van der Waals surface area contributed by atoms with Gasteiger partial charge in [0.15, 0.2) is 0 Å². The van der Waals surface area contributed by atoms with Crippen LogP contribution in [0, 0.1) is 20.8 Å². The molecule has 0 spiro atoms. The zero-order chi connectivity index (χ0) is 31.9. The molecule has 0 saturated carbocycles. The monoisotopic (exact) mass is 675 g/mol. The van der Waals surface area contributed by atoms with Gasteiger partial charge in [-0.25, -0.2) is 8.42 Å². The number of benzene rings is 4. The summed E-state index contributed by atoms with van der Waals surface area (Å²) in [6.45, 7) is 7.47. The summed E-state index contributed by atoms with van der Waals surface area (Å²) in [5.41, 5.74) is 4.67. The Bertz CT molecular complexity index is 1710. The summed E-state index contributed by atoms with van der Waals surface area (Å²) < 4.78 is 30.5. The standard InChI is InChI=1S/C35H38BrN3O4S/c1-5-37-35(41)33(22-28-12-7-6-8-13-28)38(23-29-14-10-15-30(36)21-29)34(40)24-39(32-16-9-11-26(3)27(32)4)44(42,43)31-19-17-25(2)18-20-31/h6-21,33H,5,22-24H2,1-4H3,(H,37,41)/t33-/m1/s1. The lowest BCUT2D eigenvalue weighted by atomic mass is 10.0. The van der Waals surface area contributed by atoms with Gasteiger partial charge in [-0.3, -0.25) is 13.9 Å². The van der Waals surface area contributed by atoms with Gasteiger partial charge in [-0.15, -0.1) is 0 Å². The fourth-order valence-corrected chi connectivity index (χ4v) is 6.95. The summed E-state index contributed by atoms with van der Waals surface area (Å²) in [5, 5.41) is 2.89. The van der Waals surface area contributed by atoms with Gasteiger partial charge in [-0.1, -0.05) is 88.2 Å². The van der Waals surface area contributed by atoms with Gasteiger partial charge in [-0.2, -0.15) is 0 Å². The van der Waals surface area contributed by atoms with Crippen molar-refractivity contribution in [1.29, 1.82) is 0 Å². The lowest BCUT2D eigenvalue weighted by Gasteiger charge is -2.34. The predicted octanol–water partition coefficient (Wildman–Crippen LogP) is 6.35. The number of carbonyl (C=O) groups excluding carboxylic acids is 2. The molecule has 0 heterocycles. The first kappa shape index (κ1) is 33.0. The van der Waals surface area contributed by atoms with Crippen LogP contribution in [-0.2, 0) is 32.6 Å². The second-order valence-electron chi connectivity index (χ2n) is 10.8. The van der Waals surface area contributed by atoms with Crippen LogP contribution < -0.4 is 9.62 Å². The molecule has 0 bridgehead atoms. The molecule has 1 N–H and O–H groups in total. The SMILES string of the molecule is CCNC(=O)[C@@H](Cc1ccccc1)N(Cc1cccc(Br)c1)C(=O)CN(c1cccc(C)c1C)S(=O)(=O)c1ccc(C)cc1. The highest BCUT2D eigenvalue weighted by Crippen LogP contribution is 2.29. The number of hydrogen-bond donors (Lipinski definition) is 1. The van der Waals surface area contributed by atoms with Crippen molar-refractivity contribution in [2.75, 3.05) is 17.4 Å². The number of sulfonamides is 1. The van der Waals surface area contributed by atoms with E-state index in [1.165, 1.54) is 9.21 Å². The molecule has 0 saturated heterocycles. The zero-order valence-electron chi connectivity index (χ0n) is 25.5. The van der Waals surface area contributed by atoms with E-state index >= 15 is 0 Å². The Morgan fingerprint density at radius 2 is 1.50 bits per heavy atom. The quantitative estimate of drug-likeness (QED) is 0.190. The largest absolute Gasteiger partial charge is 0.355 e. The summed E-state index contributed by atoms with van der Waals surface area (Å²) in [4.78, 5) is 29.7. The minimum absolute atomic E-state index is 0.0832. The maximum absolute atomic E-state index is 14.5. The van der Waals surface area contributed by atoms with Crippen LogP contribution in [0.15, 0.2) is 106 Å². The van der Waals surface area contributed by atoms with Gasteiger partial charge in [0.05, 0.1) is 10.6 Å². The van der Waals surface area contributed by atoms with Gasteiger partial charge in [0.1, 0.15) is 12.6 Å². The normalized spacial score (nSPS) is 11.9. The van der Waals surface area contributed by atoms with Crippen LogP contribution in [0.25, 0.3) is 0 Å².